The maximum atomic E-state index is 11.8. The Morgan fingerprint density at radius 2 is 1.94 bits per heavy atom. The van der Waals surface area contributed by atoms with Crippen LogP contribution >= 0.6 is 11.7 Å². The van der Waals surface area contributed by atoms with E-state index >= 15 is 0 Å². The van der Waals surface area contributed by atoms with Crippen LogP contribution in [0.15, 0.2) is 36.5 Å². The molecule has 2 rings (SSSR count). The lowest BCUT2D eigenvalue weighted by Crippen LogP contribution is -2.11. The van der Waals surface area contributed by atoms with Crippen molar-refractivity contribution in [3.8, 4) is 0 Å². The minimum absolute atomic E-state index is 0.0175. The van der Waals surface area contributed by atoms with Gasteiger partial charge >= 0.3 is 0 Å². The van der Waals surface area contributed by atoms with Crippen LogP contribution in [0.3, 0.4) is 0 Å². The zero-order valence-electron chi connectivity index (χ0n) is 9.11. The third-order valence-electron chi connectivity index (χ3n) is 2.32. The smallest absolute Gasteiger partial charge is 0.156 e. The fraction of sp³-hybridized carbons (Fsp3) is 0.273. The van der Waals surface area contributed by atoms with Gasteiger partial charge in [0.05, 0.1) is 35.1 Å². The van der Waals surface area contributed by atoms with Crippen molar-refractivity contribution < 1.29 is 8.42 Å². The van der Waals surface area contributed by atoms with E-state index in [1.807, 2.05) is 30.3 Å². The number of nitrogens with zero attached hydrogens (tertiary/aromatic N) is 2. The maximum absolute atomic E-state index is 11.8. The summed E-state index contributed by atoms with van der Waals surface area (Å²) < 4.78 is 31.3. The summed E-state index contributed by atoms with van der Waals surface area (Å²) in [5.41, 5.74) is 1.57. The molecule has 90 valence electrons. The van der Waals surface area contributed by atoms with Crippen LogP contribution in [0.2, 0.25) is 0 Å². The van der Waals surface area contributed by atoms with Gasteiger partial charge in [0.2, 0.25) is 0 Å². The van der Waals surface area contributed by atoms with Crippen molar-refractivity contribution in [2.24, 2.45) is 0 Å². The molecule has 0 N–H and O–H groups in total. The molecule has 0 aliphatic rings. The van der Waals surface area contributed by atoms with Crippen molar-refractivity contribution in [3.05, 3.63) is 47.8 Å². The highest BCUT2D eigenvalue weighted by Crippen LogP contribution is 2.07. The van der Waals surface area contributed by atoms with Gasteiger partial charge in [-0.1, -0.05) is 30.3 Å². The van der Waals surface area contributed by atoms with Crippen LogP contribution in [0.1, 0.15) is 11.3 Å². The maximum Gasteiger partial charge on any atom is 0.156 e. The highest BCUT2D eigenvalue weighted by atomic mass is 32.2. The van der Waals surface area contributed by atoms with Gasteiger partial charge < -0.3 is 0 Å². The predicted octanol–water partition coefficient (Wildman–Crippen LogP) is 1.70. The van der Waals surface area contributed by atoms with Gasteiger partial charge in [0, 0.05) is 0 Å². The molecule has 6 heteroatoms. The summed E-state index contributed by atoms with van der Waals surface area (Å²) in [6, 6.07) is 9.59. The Balaban J connectivity index is 1.94. The summed E-state index contributed by atoms with van der Waals surface area (Å²) in [5.74, 6) is 0.130. The molecule has 0 saturated heterocycles. The summed E-state index contributed by atoms with van der Waals surface area (Å²) in [6.07, 6.45) is 2.05. The number of rotatable bonds is 5. The molecule has 17 heavy (non-hydrogen) atoms. The molecule has 1 heterocycles. The molecular formula is C11H12N2O2S2. The average molecular weight is 268 g/mol. The highest BCUT2D eigenvalue weighted by molar-refractivity contribution is 7.90. The molecule has 0 fully saturated rings. The van der Waals surface area contributed by atoms with Gasteiger partial charge in [-0.25, -0.2) is 8.42 Å². The molecule has 1 aromatic carbocycles. The van der Waals surface area contributed by atoms with E-state index in [4.69, 9.17) is 0 Å². The summed E-state index contributed by atoms with van der Waals surface area (Å²) in [5, 5.41) is 0. The zero-order chi connectivity index (χ0) is 12.1. The van der Waals surface area contributed by atoms with Crippen LogP contribution in [0.25, 0.3) is 0 Å². The van der Waals surface area contributed by atoms with Crippen molar-refractivity contribution in [3.63, 3.8) is 0 Å². The zero-order valence-corrected chi connectivity index (χ0v) is 10.7. The van der Waals surface area contributed by atoms with E-state index in [9.17, 15) is 8.42 Å². The minimum Gasteiger partial charge on any atom is -0.228 e. The fourth-order valence-corrected chi connectivity index (χ4v) is 3.26. The first-order chi connectivity index (χ1) is 8.16. The van der Waals surface area contributed by atoms with Crippen molar-refractivity contribution in [2.75, 3.05) is 5.75 Å². The Hall–Kier alpha value is -1.27. The van der Waals surface area contributed by atoms with E-state index in [0.29, 0.717) is 12.1 Å². The monoisotopic (exact) mass is 268 g/mol. The standard InChI is InChI=1S/C11H12N2O2S2/c14-17(15,9-11-8-12-16-13-11)7-6-10-4-2-1-3-5-10/h1-5,8H,6-7,9H2. The largest absolute Gasteiger partial charge is 0.228 e. The van der Waals surface area contributed by atoms with Crippen molar-refractivity contribution >= 4 is 21.6 Å². The fourth-order valence-electron chi connectivity index (χ4n) is 1.46. The Labute approximate surface area is 105 Å². The first kappa shape index (κ1) is 12.2. The van der Waals surface area contributed by atoms with Gasteiger partial charge in [0.1, 0.15) is 0 Å². The van der Waals surface area contributed by atoms with Gasteiger partial charge in [-0.15, -0.1) is 0 Å². The lowest BCUT2D eigenvalue weighted by atomic mass is 10.2. The molecule has 0 atom stereocenters. The Morgan fingerprint density at radius 1 is 1.18 bits per heavy atom. The molecule has 2 aromatic rings. The summed E-state index contributed by atoms with van der Waals surface area (Å²) in [4.78, 5) is 0. The second-order valence-corrected chi connectivity index (χ2v) is 6.47. The van der Waals surface area contributed by atoms with Crippen LogP contribution in [-0.4, -0.2) is 22.9 Å². The Bertz CT molecular complexity index is 550. The first-order valence-corrected chi connectivity index (χ1v) is 7.72. The first-order valence-electron chi connectivity index (χ1n) is 5.16. The van der Waals surface area contributed by atoms with E-state index in [0.717, 1.165) is 17.3 Å². The van der Waals surface area contributed by atoms with Gasteiger partial charge in [-0.2, -0.15) is 8.75 Å². The molecule has 0 aliphatic heterocycles. The molecule has 0 radical (unpaired) electrons. The van der Waals surface area contributed by atoms with Crippen LogP contribution < -0.4 is 0 Å². The van der Waals surface area contributed by atoms with Gasteiger partial charge in [0.15, 0.2) is 9.84 Å². The van der Waals surface area contributed by atoms with Gasteiger partial charge in [0.25, 0.3) is 0 Å². The summed E-state index contributed by atoms with van der Waals surface area (Å²) in [7, 11) is -3.10. The van der Waals surface area contributed by atoms with Crippen LogP contribution in [0.4, 0.5) is 0 Å². The van der Waals surface area contributed by atoms with E-state index in [-0.39, 0.29) is 11.5 Å². The lowest BCUT2D eigenvalue weighted by Gasteiger charge is -2.02. The molecule has 0 bridgehead atoms. The molecule has 1 aromatic heterocycles. The van der Waals surface area contributed by atoms with Crippen LogP contribution in [0, 0.1) is 0 Å². The number of benzene rings is 1. The third-order valence-corrected chi connectivity index (χ3v) is 4.40. The van der Waals surface area contributed by atoms with E-state index < -0.39 is 9.84 Å². The highest BCUT2D eigenvalue weighted by Gasteiger charge is 2.13. The summed E-state index contributed by atoms with van der Waals surface area (Å²) in [6.45, 7) is 0. The van der Waals surface area contributed by atoms with Gasteiger partial charge in [-0.3, -0.25) is 0 Å². The molecule has 0 unspecified atom stereocenters. The third kappa shape index (κ3) is 3.90. The lowest BCUT2D eigenvalue weighted by molar-refractivity contribution is 0.594. The van der Waals surface area contributed by atoms with E-state index in [2.05, 4.69) is 8.75 Å². The Kier molecular flexibility index (Phi) is 3.86. The molecule has 4 nitrogen and oxygen atoms in total. The van der Waals surface area contributed by atoms with E-state index in [1.165, 1.54) is 6.20 Å². The normalized spacial score (nSPS) is 11.5. The number of hydrogen-bond acceptors (Lipinski definition) is 5. The SMILES string of the molecule is O=S(=O)(CCc1ccccc1)Cc1cnsn1. The average Bonchev–Trinajstić information content (AvgIpc) is 2.80. The van der Waals surface area contributed by atoms with Crippen LogP contribution in [0.5, 0.6) is 0 Å². The van der Waals surface area contributed by atoms with Crippen molar-refractivity contribution in [1.29, 1.82) is 0 Å². The Morgan fingerprint density at radius 3 is 2.59 bits per heavy atom. The van der Waals surface area contributed by atoms with Crippen molar-refractivity contribution in [1.82, 2.24) is 8.75 Å². The minimum atomic E-state index is -3.10. The second kappa shape index (κ2) is 5.37. The second-order valence-electron chi connectivity index (χ2n) is 3.73. The topological polar surface area (TPSA) is 59.9 Å². The van der Waals surface area contributed by atoms with Crippen LogP contribution in [-0.2, 0) is 22.0 Å². The van der Waals surface area contributed by atoms with Gasteiger partial charge in [-0.05, 0) is 12.0 Å². The molecule has 0 spiro atoms. The molecule has 0 saturated carbocycles. The quantitative estimate of drug-likeness (QED) is 0.828. The molecular weight excluding hydrogens is 256 g/mol. The molecule has 0 amide bonds. The van der Waals surface area contributed by atoms with E-state index in [1.54, 1.807) is 0 Å². The summed E-state index contributed by atoms with van der Waals surface area (Å²) >= 11 is 1.03. The van der Waals surface area contributed by atoms with Crippen molar-refractivity contribution in [2.45, 2.75) is 12.2 Å². The number of aromatic nitrogens is 2. The molecule has 0 aliphatic carbocycles. The number of aryl methyl sites for hydroxylation is 1. The predicted molar refractivity (Wildman–Crippen MR) is 67.5 cm³/mol. The number of hydrogen-bond donors (Lipinski definition) is 0. The number of sulfone groups is 1.